The maximum atomic E-state index is 12.3. The lowest BCUT2D eigenvalue weighted by atomic mass is 9.99. The smallest absolute Gasteiger partial charge is 0.299 e. The minimum Gasteiger partial charge on any atom is -0.302 e. The Kier molecular flexibility index (Phi) is 3.59. The lowest BCUT2D eigenvalue weighted by molar-refractivity contribution is 0.583. The van der Waals surface area contributed by atoms with Crippen molar-refractivity contribution >= 4 is 15.9 Å². The summed E-state index contributed by atoms with van der Waals surface area (Å²) in [6.45, 7) is 0.269. The molecule has 0 spiro atoms. The molecule has 0 amide bonds. The quantitative estimate of drug-likeness (QED) is 0.748. The molecule has 0 fully saturated rings. The van der Waals surface area contributed by atoms with Gasteiger partial charge in [-0.2, -0.15) is 13.1 Å². The first-order valence-corrected chi connectivity index (χ1v) is 9.06. The average molecular weight is 340 g/mol. The van der Waals surface area contributed by atoms with Crippen LogP contribution in [-0.2, 0) is 10.2 Å². The molecule has 2 aromatic carbocycles. The summed E-state index contributed by atoms with van der Waals surface area (Å²) in [5.41, 5.74) is 3.66. The number of fused-ring (bicyclic) bond motifs is 3. The first-order valence-electron chi connectivity index (χ1n) is 7.58. The van der Waals surface area contributed by atoms with Crippen LogP contribution in [0, 0.1) is 0 Å². The number of rotatable bonds is 5. The van der Waals surface area contributed by atoms with Crippen LogP contribution >= 0.6 is 0 Å². The van der Waals surface area contributed by atoms with Crippen molar-refractivity contribution in [1.82, 2.24) is 14.3 Å². The Bertz CT molecular complexity index is 967. The second-order valence-corrected chi connectivity index (χ2v) is 7.12. The van der Waals surface area contributed by atoms with Crippen molar-refractivity contribution in [3.8, 4) is 5.69 Å². The molecule has 1 aromatic heterocycles. The van der Waals surface area contributed by atoms with Crippen LogP contribution in [0.4, 0.5) is 5.69 Å². The first kappa shape index (κ1) is 14.9. The van der Waals surface area contributed by atoms with Gasteiger partial charge >= 0.3 is 0 Å². The molecule has 2 N–H and O–H groups in total. The third-order valence-corrected chi connectivity index (χ3v) is 5.15. The van der Waals surface area contributed by atoms with Crippen LogP contribution in [0.1, 0.15) is 17.2 Å². The van der Waals surface area contributed by atoms with Gasteiger partial charge in [0.05, 0.1) is 17.7 Å². The van der Waals surface area contributed by atoms with Crippen LogP contribution < -0.4 is 9.44 Å². The second-order valence-electron chi connectivity index (χ2n) is 5.62. The maximum Gasteiger partial charge on any atom is 0.299 e. The highest BCUT2D eigenvalue weighted by Gasteiger charge is 2.29. The predicted molar refractivity (Wildman–Crippen MR) is 92.4 cm³/mol. The molecule has 0 bridgehead atoms. The average Bonchev–Trinajstić information content (AvgIpc) is 3.15. The highest BCUT2D eigenvalue weighted by molar-refractivity contribution is 7.90. The molecule has 122 valence electrons. The van der Waals surface area contributed by atoms with Gasteiger partial charge in [-0.05, 0) is 23.8 Å². The second kappa shape index (κ2) is 5.77. The molecule has 0 radical (unpaired) electrons. The van der Waals surface area contributed by atoms with Crippen LogP contribution in [0.2, 0.25) is 0 Å². The van der Waals surface area contributed by atoms with Gasteiger partial charge < -0.3 is 4.57 Å². The van der Waals surface area contributed by atoms with Crippen LogP contribution in [0.3, 0.4) is 0 Å². The third kappa shape index (κ3) is 2.68. The normalized spacial score (nSPS) is 15.8. The van der Waals surface area contributed by atoms with E-state index in [1.807, 2.05) is 34.9 Å². The Morgan fingerprint density at radius 1 is 1.04 bits per heavy atom. The van der Waals surface area contributed by atoms with E-state index in [0.717, 1.165) is 16.9 Å². The summed E-state index contributed by atoms with van der Waals surface area (Å²) in [6, 6.07) is 16.8. The molecule has 3 aromatic rings. The highest BCUT2D eigenvalue weighted by Crippen LogP contribution is 2.36. The van der Waals surface area contributed by atoms with Crippen molar-refractivity contribution in [3.05, 3.63) is 78.4 Å². The van der Waals surface area contributed by atoms with Gasteiger partial charge in [0.2, 0.25) is 0 Å². The van der Waals surface area contributed by atoms with Gasteiger partial charge in [0.1, 0.15) is 0 Å². The zero-order chi connectivity index (χ0) is 16.6. The molecule has 1 aliphatic heterocycles. The maximum absolute atomic E-state index is 12.3. The Hall–Kier alpha value is -2.64. The fraction of sp³-hybridized carbons (Fsp3) is 0.118. The van der Waals surface area contributed by atoms with Crippen LogP contribution in [0.5, 0.6) is 0 Å². The van der Waals surface area contributed by atoms with Gasteiger partial charge in [0.25, 0.3) is 10.2 Å². The molecule has 6 nitrogen and oxygen atoms in total. The number of nitrogens with zero attached hydrogens (tertiary/aromatic N) is 2. The molecule has 0 saturated carbocycles. The molecule has 0 saturated heterocycles. The monoisotopic (exact) mass is 340 g/mol. The van der Waals surface area contributed by atoms with Crippen molar-refractivity contribution in [2.45, 2.75) is 5.92 Å². The summed E-state index contributed by atoms with van der Waals surface area (Å²) >= 11 is 0. The predicted octanol–water partition coefficient (Wildman–Crippen LogP) is 2.26. The number of para-hydroxylation sites is 2. The minimum absolute atomic E-state index is 0.0592. The molecular formula is C17H16N4O2S. The van der Waals surface area contributed by atoms with Gasteiger partial charge in [-0.15, -0.1) is 0 Å². The summed E-state index contributed by atoms with van der Waals surface area (Å²) in [5, 5.41) is 0. The van der Waals surface area contributed by atoms with Crippen LogP contribution in [0.15, 0.2) is 67.1 Å². The number of hydrogen-bond acceptors (Lipinski definition) is 3. The lowest BCUT2D eigenvalue weighted by Gasteiger charge is -2.14. The standard InChI is InChI=1S/C17H16N4O2S/c22-24(23,20-13-6-2-1-3-7-13)19-10-15-14-8-4-5-9-16(14)21-12-18-11-17(15)21/h1-9,11-12,15,19-20H,10H2. The molecule has 1 unspecified atom stereocenters. The largest absolute Gasteiger partial charge is 0.302 e. The van der Waals surface area contributed by atoms with Gasteiger partial charge in [0.15, 0.2) is 0 Å². The van der Waals surface area contributed by atoms with E-state index in [4.69, 9.17) is 0 Å². The van der Waals surface area contributed by atoms with Gasteiger partial charge in [-0.1, -0.05) is 36.4 Å². The van der Waals surface area contributed by atoms with E-state index in [1.54, 1.807) is 36.8 Å². The van der Waals surface area contributed by atoms with Crippen LogP contribution in [-0.4, -0.2) is 24.5 Å². The highest BCUT2D eigenvalue weighted by atomic mass is 32.2. The molecule has 24 heavy (non-hydrogen) atoms. The summed E-state index contributed by atoms with van der Waals surface area (Å²) in [6.07, 6.45) is 3.54. The summed E-state index contributed by atoms with van der Waals surface area (Å²) < 4.78 is 31.7. The van der Waals surface area contributed by atoms with E-state index in [2.05, 4.69) is 14.4 Å². The van der Waals surface area contributed by atoms with E-state index in [1.165, 1.54) is 0 Å². The topological polar surface area (TPSA) is 76.0 Å². The molecule has 2 heterocycles. The first-order chi connectivity index (χ1) is 11.6. The number of imidazole rings is 1. The zero-order valence-electron chi connectivity index (χ0n) is 12.8. The summed E-state index contributed by atoms with van der Waals surface area (Å²) in [5.74, 6) is -0.0592. The van der Waals surface area contributed by atoms with Crippen molar-refractivity contribution in [3.63, 3.8) is 0 Å². The molecule has 4 rings (SSSR count). The number of anilines is 1. The fourth-order valence-corrected chi connectivity index (χ4v) is 3.93. The van der Waals surface area contributed by atoms with E-state index < -0.39 is 10.2 Å². The minimum atomic E-state index is -3.64. The molecule has 1 aliphatic rings. The Labute approximate surface area is 140 Å². The van der Waals surface area contributed by atoms with Gasteiger partial charge in [-0.25, -0.2) is 4.98 Å². The molecule has 1 atom stereocenters. The molecule has 7 heteroatoms. The van der Waals surface area contributed by atoms with Gasteiger partial charge in [0, 0.05) is 24.3 Å². The van der Waals surface area contributed by atoms with Crippen LogP contribution in [0.25, 0.3) is 5.69 Å². The van der Waals surface area contributed by atoms with Crippen molar-refractivity contribution in [1.29, 1.82) is 0 Å². The van der Waals surface area contributed by atoms with Crippen molar-refractivity contribution in [2.75, 3.05) is 11.3 Å². The van der Waals surface area contributed by atoms with Crippen molar-refractivity contribution < 1.29 is 8.42 Å². The van der Waals surface area contributed by atoms with E-state index >= 15 is 0 Å². The number of benzene rings is 2. The van der Waals surface area contributed by atoms with Gasteiger partial charge in [-0.3, -0.25) is 4.72 Å². The SMILES string of the molecule is O=S(=O)(NCC1c2ccccc2-n2cncc21)Nc1ccccc1. The molecule has 0 aliphatic carbocycles. The molecular weight excluding hydrogens is 324 g/mol. The van der Waals surface area contributed by atoms with E-state index in [-0.39, 0.29) is 12.5 Å². The Morgan fingerprint density at radius 2 is 1.79 bits per heavy atom. The summed E-state index contributed by atoms with van der Waals surface area (Å²) in [4.78, 5) is 4.18. The third-order valence-electron chi connectivity index (χ3n) is 4.10. The zero-order valence-corrected chi connectivity index (χ0v) is 13.6. The Morgan fingerprint density at radius 3 is 2.62 bits per heavy atom. The number of hydrogen-bond donors (Lipinski definition) is 2. The fourth-order valence-electron chi connectivity index (χ4n) is 3.03. The lowest BCUT2D eigenvalue weighted by Crippen LogP contribution is -2.33. The summed E-state index contributed by atoms with van der Waals surface area (Å²) in [7, 11) is -3.64. The van der Waals surface area contributed by atoms with E-state index in [9.17, 15) is 8.42 Å². The number of aromatic nitrogens is 2. The van der Waals surface area contributed by atoms with Crippen molar-refractivity contribution in [2.24, 2.45) is 0 Å². The Balaban J connectivity index is 1.54. The van der Waals surface area contributed by atoms with E-state index in [0.29, 0.717) is 5.69 Å². The number of nitrogens with one attached hydrogen (secondary N) is 2.